The average Bonchev–Trinajstić information content (AvgIpc) is 3.06. The highest BCUT2D eigenvalue weighted by Gasteiger charge is 2.20. The zero-order valence-electron chi connectivity index (χ0n) is 16.1. The van der Waals surface area contributed by atoms with Gasteiger partial charge in [-0.2, -0.15) is 0 Å². The second-order valence-corrected chi connectivity index (χ2v) is 7.80. The molecule has 4 rings (SSSR count). The summed E-state index contributed by atoms with van der Waals surface area (Å²) in [6, 6.07) is 16.7. The summed E-state index contributed by atoms with van der Waals surface area (Å²) in [4.78, 5) is 17.6. The van der Waals surface area contributed by atoms with Gasteiger partial charge in [-0.05, 0) is 49.4 Å². The number of carbonyl (C=O) groups excluding carboxylic acids is 1. The third kappa shape index (κ3) is 3.62. The predicted octanol–water partition coefficient (Wildman–Crippen LogP) is 2.66. The molecule has 4 nitrogen and oxygen atoms in total. The van der Waals surface area contributed by atoms with Gasteiger partial charge in [0.05, 0.1) is 20.6 Å². The SMILES string of the molecule is C[NH+](C)[C@H](CNC(=O)c1ccc2[nH]c3c(c2c1)CCCC3)c1ccccc1. The number of hydrogen-bond donors (Lipinski definition) is 3. The fraction of sp³-hybridized carbons (Fsp3) is 0.348. The van der Waals surface area contributed by atoms with Gasteiger partial charge in [0, 0.05) is 27.7 Å². The van der Waals surface area contributed by atoms with Crippen LogP contribution in [0.3, 0.4) is 0 Å². The minimum atomic E-state index is 0.00448. The van der Waals surface area contributed by atoms with Crippen LogP contribution >= 0.6 is 0 Å². The number of fused-ring (bicyclic) bond motifs is 3. The van der Waals surface area contributed by atoms with Gasteiger partial charge in [-0.25, -0.2) is 0 Å². The normalized spacial score (nSPS) is 14.9. The van der Waals surface area contributed by atoms with Crippen molar-refractivity contribution in [2.24, 2.45) is 0 Å². The van der Waals surface area contributed by atoms with Gasteiger partial charge in [-0.3, -0.25) is 4.79 Å². The van der Waals surface area contributed by atoms with E-state index in [0.717, 1.165) is 23.9 Å². The molecule has 1 aromatic heterocycles. The molecular weight excluding hydrogens is 334 g/mol. The van der Waals surface area contributed by atoms with Crippen LogP contribution in [0.25, 0.3) is 10.9 Å². The summed E-state index contributed by atoms with van der Waals surface area (Å²) >= 11 is 0. The van der Waals surface area contributed by atoms with Crippen molar-refractivity contribution in [3.63, 3.8) is 0 Å². The molecule has 1 atom stereocenters. The molecule has 4 heteroatoms. The van der Waals surface area contributed by atoms with Gasteiger partial charge in [-0.1, -0.05) is 30.3 Å². The largest absolute Gasteiger partial charge is 0.358 e. The maximum absolute atomic E-state index is 12.8. The smallest absolute Gasteiger partial charge is 0.251 e. The molecule has 27 heavy (non-hydrogen) atoms. The zero-order chi connectivity index (χ0) is 18.8. The first-order valence-corrected chi connectivity index (χ1v) is 9.90. The molecule has 0 spiro atoms. The highest BCUT2D eigenvalue weighted by molar-refractivity contribution is 5.99. The van der Waals surface area contributed by atoms with Crippen LogP contribution in [0, 0.1) is 0 Å². The van der Waals surface area contributed by atoms with Gasteiger partial charge in [0.15, 0.2) is 0 Å². The molecule has 3 aromatic rings. The number of carbonyl (C=O) groups is 1. The lowest BCUT2D eigenvalue weighted by molar-refractivity contribution is -0.890. The van der Waals surface area contributed by atoms with E-state index in [9.17, 15) is 4.79 Å². The molecule has 1 amide bonds. The Balaban J connectivity index is 1.52. The molecule has 1 aliphatic rings. The zero-order valence-corrected chi connectivity index (χ0v) is 16.1. The van der Waals surface area contributed by atoms with Crippen LogP contribution in [0.2, 0.25) is 0 Å². The fourth-order valence-corrected chi connectivity index (χ4v) is 4.18. The van der Waals surface area contributed by atoms with Crippen molar-refractivity contribution < 1.29 is 9.69 Å². The summed E-state index contributed by atoms with van der Waals surface area (Å²) < 4.78 is 0. The molecule has 2 aromatic carbocycles. The van der Waals surface area contributed by atoms with Crippen LogP contribution in [0.15, 0.2) is 48.5 Å². The Hall–Kier alpha value is -2.59. The molecule has 0 radical (unpaired) electrons. The van der Waals surface area contributed by atoms with Crippen LogP contribution in [-0.4, -0.2) is 31.5 Å². The molecule has 1 aliphatic carbocycles. The van der Waals surface area contributed by atoms with Crippen LogP contribution in [0.4, 0.5) is 0 Å². The van der Waals surface area contributed by atoms with Crippen molar-refractivity contribution >= 4 is 16.8 Å². The monoisotopic (exact) mass is 362 g/mol. The van der Waals surface area contributed by atoms with E-state index in [1.54, 1.807) is 0 Å². The molecule has 1 heterocycles. The third-order valence-corrected chi connectivity index (χ3v) is 5.73. The van der Waals surface area contributed by atoms with Gasteiger partial charge in [0.1, 0.15) is 6.04 Å². The Morgan fingerprint density at radius 2 is 1.89 bits per heavy atom. The quantitative estimate of drug-likeness (QED) is 0.642. The number of likely N-dealkylation sites (N-methyl/N-ethyl adjacent to an activating group) is 1. The second-order valence-electron chi connectivity index (χ2n) is 7.80. The van der Waals surface area contributed by atoms with E-state index in [1.165, 1.54) is 39.9 Å². The van der Waals surface area contributed by atoms with Crippen molar-refractivity contribution in [1.82, 2.24) is 10.3 Å². The first-order chi connectivity index (χ1) is 13.1. The molecule has 0 fully saturated rings. The van der Waals surface area contributed by atoms with E-state index in [-0.39, 0.29) is 11.9 Å². The topological polar surface area (TPSA) is 49.3 Å². The Morgan fingerprint density at radius 1 is 1.11 bits per heavy atom. The molecule has 140 valence electrons. The Labute approximate surface area is 160 Å². The number of rotatable bonds is 5. The maximum Gasteiger partial charge on any atom is 0.251 e. The predicted molar refractivity (Wildman–Crippen MR) is 109 cm³/mol. The summed E-state index contributed by atoms with van der Waals surface area (Å²) in [7, 11) is 4.25. The van der Waals surface area contributed by atoms with E-state index in [1.807, 2.05) is 12.1 Å². The second kappa shape index (κ2) is 7.57. The van der Waals surface area contributed by atoms with E-state index in [4.69, 9.17) is 0 Å². The molecular formula is C23H28N3O+. The summed E-state index contributed by atoms with van der Waals surface area (Å²) in [5.74, 6) is 0.00448. The van der Waals surface area contributed by atoms with E-state index >= 15 is 0 Å². The third-order valence-electron chi connectivity index (χ3n) is 5.73. The molecule has 0 aliphatic heterocycles. The number of hydrogen-bond acceptors (Lipinski definition) is 1. The molecule has 0 bridgehead atoms. The number of quaternary nitrogens is 1. The Bertz CT molecular complexity index is 943. The maximum atomic E-state index is 12.8. The first kappa shape index (κ1) is 17.8. The van der Waals surface area contributed by atoms with E-state index in [0.29, 0.717) is 6.54 Å². The fourth-order valence-electron chi connectivity index (χ4n) is 4.18. The number of nitrogens with one attached hydrogen (secondary N) is 3. The number of benzene rings is 2. The van der Waals surface area contributed by atoms with Gasteiger partial charge in [0.2, 0.25) is 0 Å². The number of aryl methyl sites for hydroxylation is 2. The number of aromatic amines is 1. The average molecular weight is 362 g/mol. The lowest BCUT2D eigenvalue weighted by Crippen LogP contribution is -3.07. The number of H-pyrrole nitrogens is 1. The van der Waals surface area contributed by atoms with E-state index < -0.39 is 0 Å². The van der Waals surface area contributed by atoms with Crippen LogP contribution in [0.5, 0.6) is 0 Å². The summed E-state index contributed by atoms with van der Waals surface area (Å²) in [6.07, 6.45) is 4.72. The van der Waals surface area contributed by atoms with Crippen LogP contribution in [0.1, 0.15) is 46.1 Å². The Morgan fingerprint density at radius 3 is 2.67 bits per heavy atom. The van der Waals surface area contributed by atoms with Crippen molar-refractivity contribution in [2.75, 3.05) is 20.6 Å². The van der Waals surface area contributed by atoms with Crippen molar-refractivity contribution in [3.8, 4) is 0 Å². The van der Waals surface area contributed by atoms with Crippen molar-refractivity contribution in [2.45, 2.75) is 31.7 Å². The van der Waals surface area contributed by atoms with Gasteiger partial charge >= 0.3 is 0 Å². The van der Waals surface area contributed by atoms with Crippen LogP contribution < -0.4 is 10.2 Å². The first-order valence-electron chi connectivity index (χ1n) is 9.90. The standard InChI is InChI=1S/C23H27N3O/c1-26(2)22(16-8-4-3-5-9-16)15-24-23(27)17-12-13-21-19(14-17)18-10-6-7-11-20(18)25-21/h3-5,8-9,12-14,22,25H,6-7,10-11,15H2,1-2H3,(H,24,27)/p+1/t22-/m1/s1. The molecule has 3 N–H and O–H groups in total. The molecule has 0 saturated carbocycles. The van der Waals surface area contributed by atoms with E-state index in [2.05, 4.69) is 60.8 Å². The molecule has 0 saturated heterocycles. The van der Waals surface area contributed by atoms with Gasteiger partial charge in [-0.15, -0.1) is 0 Å². The number of aromatic nitrogens is 1. The highest BCUT2D eigenvalue weighted by atomic mass is 16.1. The van der Waals surface area contributed by atoms with Crippen molar-refractivity contribution in [3.05, 3.63) is 70.9 Å². The lowest BCUT2D eigenvalue weighted by atomic mass is 9.95. The van der Waals surface area contributed by atoms with Gasteiger partial charge in [0.25, 0.3) is 5.91 Å². The minimum absolute atomic E-state index is 0.00448. The van der Waals surface area contributed by atoms with Gasteiger partial charge < -0.3 is 15.2 Å². The number of amides is 1. The lowest BCUT2D eigenvalue weighted by Gasteiger charge is -2.22. The molecule has 0 unspecified atom stereocenters. The highest BCUT2D eigenvalue weighted by Crippen LogP contribution is 2.29. The van der Waals surface area contributed by atoms with Crippen LogP contribution in [-0.2, 0) is 12.8 Å². The minimum Gasteiger partial charge on any atom is -0.358 e. The summed E-state index contributed by atoms with van der Waals surface area (Å²) in [5.41, 5.74) is 5.90. The summed E-state index contributed by atoms with van der Waals surface area (Å²) in [6.45, 7) is 0.620. The Kier molecular flexibility index (Phi) is 4.99. The van der Waals surface area contributed by atoms with Crippen molar-refractivity contribution in [1.29, 1.82) is 0 Å². The summed E-state index contributed by atoms with van der Waals surface area (Å²) in [5, 5.41) is 4.36.